The Bertz CT molecular complexity index is 2800. The van der Waals surface area contributed by atoms with Crippen molar-refractivity contribution in [2.45, 2.75) is 0 Å². The van der Waals surface area contributed by atoms with Gasteiger partial charge in [-0.15, -0.1) is 0 Å². The predicted molar refractivity (Wildman–Crippen MR) is 184 cm³/mol. The first-order valence-electron chi connectivity index (χ1n) is 17.1. The monoisotopic (exact) mass is 580 g/mol. The van der Waals surface area contributed by atoms with Gasteiger partial charge in [0.25, 0.3) is 0 Å². The first kappa shape index (κ1) is 20.7. The lowest BCUT2D eigenvalue weighted by molar-refractivity contribution is 0.669. The quantitative estimate of drug-likeness (QED) is 0.208. The molecule has 9 aromatic rings. The van der Waals surface area contributed by atoms with Crippen LogP contribution in [0.2, 0.25) is 0 Å². The van der Waals surface area contributed by atoms with Gasteiger partial charge in [0, 0.05) is 27.5 Å². The van der Waals surface area contributed by atoms with E-state index >= 15 is 0 Å². The summed E-state index contributed by atoms with van der Waals surface area (Å²) >= 11 is 0. The van der Waals surface area contributed by atoms with Crippen LogP contribution in [0.15, 0.2) is 156 Å². The first-order chi connectivity index (χ1) is 24.4. The topological polar surface area (TPSA) is 51.8 Å². The summed E-state index contributed by atoms with van der Waals surface area (Å²) in [6.45, 7) is 0. The summed E-state index contributed by atoms with van der Waals surface area (Å²) in [5.41, 5.74) is 4.94. The van der Waals surface area contributed by atoms with Crippen LogP contribution in [0, 0.1) is 0 Å². The maximum Gasteiger partial charge on any atom is 0.164 e. The van der Waals surface area contributed by atoms with Gasteiger partial charge in [-0.25, -0.2) is 15.0 Å². The van der Waals surface area contributed by atoms with Gasteiger partial charge in [-0.2, -0.15) is 0 Å². The van der Waals surface area contributed by atoms with Gasteiger partial charge in [0.1, 0.15) is 11.2 Å². The molecule has 45 heavy (non-hydrogen) atoms. The van der Waals surface area contributed by atoms with E-state index in [1.165, 1.54) is 5.39 Å². The zero-order valence-electron chi connectivity index (χ0n) is 28.8. The van der Waals surface area contributed by atoms with Gasteiger partial charge in [0.15, 0.2) is 17.5 Å². The lowest BCUT2D eigenvalue weighted by Gasteiger charge is -2.11. The van der Waals surface area contributed by atoms with Crippen molar-refractivity contribution in [1.82, 2.24) is 15.0 Å². The van der Waals surface area contributed by atoms with Crippen LogP contribution in [0.1, 0.15) is 6.85 Å². The van der Waals surface area contributed by atoms with Crippen LogP contribution >= 0.6 is 0 Å². The van der Waals surface area contributed by atoms with E-state index in [4.69, 9.17) is 21.2 Å². The molecule has 0 aliphatic carbocycles. The number of benzene rings is 7. The van der Waals surface area contributed by atoms with Gasteiger partial charge in [0.2, 0.25) is 0 Å². The molecule has 0 bridgehead atoms. The fourth-order valence-corrected chi connectivity index (χ4v) is 6.16. The fraction of sp³-hybridized carbons (Fsp3) is 0. The molecule has 210 valence electrons. The highest BCUT2D eigenvalue weighted by Gasteiger charge is 2.18. The maximum atomic E-state index is 8.62. The van der Waals surface area contributed by atoms with E-state index in [1.807, 2.05) is 66.7 Å². The smallest absolute Gasteiger partial charge is 0.164 e. The molecular weight excluding hydrogens is 550 g/mol. The second-order valence-electron chi connectivity index (χ2n) is 10.9. The summed E-state index contributed by atoms with van der Waals surface area (Å²) in [4.78, 5) is 14.2. The van der Waals surface area contributed by atoms with Crippen molar-refractivity contribution in [3.8, 4) is 45.3 Å². The molecule has 0 radical (unpaired) electrons. The van der Waals surface area contributed by atoms with E-state index in [0.717, 1.165) is 43.6 Å². The van der Waals surface area contributed by atoms with Gasteiger partial charge in [-0.05, 0) is 56.9 Å². The van der Waals surface area contributed by atoms with Gasteiger partial charge >= 0.3 is 0 Å². The van der Waals surface area contributed by atoms with Crippen LogP contribution in [0.5, 0.6) is 0 Å². The number of aromatic nitrogens is 3. The van der Waals surface area contributed by atoms with E-state index in [0.29, 0.717) is 28.4 Å². The molecule has 0 saturated heterocycles. The molecule has 0 aliphatic heterocycles. The second-order valence-corrected chi connectivity index (χ2v) is 10.9. The fourth-order valence-electron chi connectivity index (χ4n) is 6.16. The lowest BCUT2D eigenvalue weighted by Crippen LogP contribution is -2.00. The number of rotatable bonds is 4. The molecule has 0 saturated carbocycles. The van der Waals surface area contributed by atoms with Crippen molar-refractivity contribution < 1.29 is 11.3 Å². The maximum absolute atomic E-state index is 8.62. The summed E-state index contributed by atoms with van der Waals surface area (Å²) in [6.07, 6.45) is 0. The van der Waals surface area contributed by atoms with Crippen molar-refractivity contribution in [1.29, 1.82) is 0 Å². The van der Waals surface area contributed by atoms with E-state index in [2.05, 4.69) is 59.6 Å². The van der Waals surface area contributed by atoms with Crippen LogP contribution < -0.4 is 0 Å². The highest BCUT2D eigenvalue weighted by Crippen LogP contribution is 2.42. The molecule has 0 unspecified atom stereocenters. The molecule has 2 heterocycles. The molecule has 4 nitrogen and oxygen atoms in total. The average molecular weight is 581 g/mol. The second kappa shape index (κ2) is 10.2. The molecule has 2 aromatic heterocycles. The number of furan rings is 1. The van der Waals surface area contributed by atoms with Crippen molar-refractivity contribution in [2.75, 3.05) is 0 Å². The van der Waals surface area contributed by atoms with Crippen LogP contribution in [0.25, 0.3) is 88.8 Å². The highest BCUT2D eigenvalue weighted by atomic mass is 16.3. The average Bonchev–Trinajstić information content (AvgIpc) is 3.54. The summed E-state index contributed by atoms with van der Waals surface area (Å²) < 4.78 is 48.3. The Kier molecular flexibility index (Phi) is 4.72. The van der Waals surface area contributed by atoms with Gasteiger partial charge < -0.3 is 4.42 Å². The highest BCUT2D eigenvalue weighted by molar-refractivity contribution is 6.23. The molecule has 9 rings (SSSR count). The third-order valence-corrected chi connectivity index (χ3v) is 8.21. The molecule has 0 aliphatic rings. The van der Waals surface area contributed by atoms with E-state index in [1.54, 1.807) is 0 Å². The Hall–Kier alpha value is -6.13. The number of nitrogens with zero attached hydrogens (tertiary/aromatic N) is 3. The third kappa shape index (κ3) is 4.27. The largest absolute Gasteiger partial charge is 0.456 e. The Balaban J connectivity index is 1.29. The Morgan fingerprint density at radius 2 is 1.11 bits per heavy atom. The molecular formula is C41H25N3O. The number of fused-ring (bicyclic) bond motifs is 6. The summed E-state index contributed by atoms with van der Waals surface area (Å²) in [5, 5.41) is 6.31. The zero-order chi connectivity index (χ0) is 34.1. The molecule has 7 aromatic carbocycles. The predicted octanol–water partition coefficient (Wildman–Crippen LogP) is 10.7. The summed E-state index contributed by atoms with van der Waals surface area (Å²) in [7, 11) is 0. The van der Waals surface area contributed by atoms with Crippen molar-refractivity contribution in [3.63, 3.8) is 0 Å². The standard InChI is InChI=1S/C41H25N3O/c1-3-13-27(14-4-1)39-42-40(28-15-5-2-6-16-28)44-41(43-39)29-22-23-36-35(24-29)38-33-20-10-9-19-32(33)34(25-37(38)45-36)31-21-11-17-26-12-7-8-18-30(26)31/h1-25H/i1D,3D,4D,13D,14D. The van der Waals surface area contributed by atoms with Crippen LogP contribution in [-0.4, -0.2) is 15.0 Å². The third-order valence-electron chi connectivity index (χ3n) is 8.21. The SMILES string of the molecule is [2H]c1c([2H])c([2H])c(-c2nc(-c3ccccc3)nc(-c3ccc4oc5cc(-c6cccc7ccccc67)c6ccccc6c5c4c3)n2)c([2H])c1[2H]. The van der Waals surface area contributed by atoms with Gasteiger partial charge in [0.05, 0.1) is 6.85 Å². The molecule has 0 atom stereocenters. The Morgan fingerprint density at radius 3 is 1.93 bits per heavy atom. The summed E-state index contributed by atoms with van der Waals surface area (Å²) in [5.74, 6) is 0.613. The molecule has 0 amide bonds. The van der Waals surface area contributed by atoms with E-state index in [-0.39, 0.29) is 23.5 Å². The molecule has 4 heteroatoms. The van der Waals surface area contributed by atoms with Gasteiger partial charge in [-0.3, -0.25) is 0 Å². The van der Waals surface area contributed by atoms with Crippen LogP contribution in [-0.2, 0) is 0 Å². The van der Waals surface area contributed by atoms with Crippen molar-refractivity contribution >= 4 is 43.5 Å². The van der Waals surface area contributed by atoms with Crippen molar-refractivity contribution in [2.24, 2.45) is 0 Å². The zero-order valence-corrected chi connectivity index (χ0v) is 23.8. The molecule has 0 N–H and O–H groups in total. The lowest BCUT2D eigenvalue weighted by atomic mass is 9.92. The minimum atomic E-state index is -0.477. The Labute approximate surface area is 266 Å². The van der Waals surface area contributed by atoms with Gasteiger partial charge in [-0.1, -0.05) is 127 Å². The van der Waals surface area contributed by atoms with E-state index in [9.17, 15) is 0 Å². The minimum Gasteiger partial charge on any atom is -0.456 e. The van der Waals surface area contributed by atoms with Crippen LogP contribution in [0.3, 0.4) is 0 Å². The molecule has 0 fully saturated rings. The first-order valence-corrected chi connectivity index (χ1v) is 14.6. The van der Waals surface area contributed by atoms with Crippen LogP contribution in [0.4, 0.5) is 0 Å². The van der Waals surface area contributed by atoms with E-state index < -0.39 is 18.1 Å². The molecule has 0 spiro atoms. The number of hydrogen-bond donors (Lipinski definition) is 0. The Morgan fingerprint density at radius 1 is 0.444 bits per heavy atom. The summed E-state index contributed by atoms with van der Waals surface area (Å²) in [6, 6.07) is 38.1. The number of hydrogen-bond acceptors (Lipinski definition) is 4. The minimum absolute atomic E-state index is 0.00631. The normalized spacial score (nSPS) is 13.1. The van der Waals surface area contributed by atoms with Crippen molar-refractivity contribution in [3.05, 3.63) is 152 Å².